The number of rotatable bonds is 9. The van der Waals surface area contributed by atoms with E-state index in [0.717, 1.165) is 5.56 Å². The molecule has 0 fully saturated rings. The number of nitrogens with two attached hydrogens (primary N) is 2. The molecule has 9 heteroatoms. The van der Waals surface area contributed by atoms with Gasteiger partial charge in [-0.1, -0.05) is 30.3 Å². The van der Waals surface area contributed by atoms with E-state index in [0.29, 0.717) is 32.2 Å². The molecule has 0 heterocycles. The number of aliphatic carboxylic acids is 2. The van der Waals surface area contributed by atoms with Crippen LogP contribution in [-0.4, -0.2) is 52.5 Å². The van der Waals surface area contributed by atoms with Gasteiger partial charge in [-0.3, -0.25) is 9.59 Å². The molecule has 0 spiro atoms. The van der Waals surface area contributed by atoms with Crippen molar-refractivity contribution in [3.63, 3.8) is 0 Å². The van der Waals surface area contributed by atoms with Crippen LogP contribution in [0.15, 0.2) is 30.3 Å². The second-order valence-electron chi connectivity index (χ2n) is 7.50. The lowest BCUT2D eigenvalue weighted by Crippen LogP contribution is -2.33. The third-order valence-electron chi connectivity index (χ3n) is 3.54. The molecule has 1 aromatic rings. The number of hydrogen-bond acceptors (Lipinski definition) is 6. The van der Waals surface area contributed by atoms with E-state index in [-0.39, 0.29) is 0 Å². The molecule has 7 N–H and O–H groups in total. The minimum atomic E-state index is -0.995. The number of unbranched alkanes of at least 4 members (excludes halogenated alkanes) is 1. The van der Waals surface area contributed by atoms with Gasteiger partial charge in [-0.05, 0) is 52.0 Å². The summed E-state index contributed by atoms with van der Waals surface area (Å²) in [5.74, 6) is -1.95. The monoisotopic (exact) mass is 411 g/mol. The molecule has 0 aliphatic heterocycles. The van der Waals surface area contributed by atoms with E-state index in [9.17, 15) is 14.4 Å². The van der Waals surface area contributed by atoms with Gasteiger partial charge in [0, 0.05) is 6.54 Å². The van der Waals surface area contributed by atoms with Crippen LogP contribution >= 0.6 is 0 Å². The third kappa shape index (κ3) is 15.0. The van der Waals surface area contributed by atoms with Crippen molar-refractivity contribution in [1.82, 2.24) is 5.32 Å². The van der Waals surface area contributed by atoms with Crippen LogP contribution in [0.4, 0.5) is 4.79 Å². The fourth-order valence-electron chi connectivity index (χ4n) is 2.07. The van der Waals surface area contributed by atoms with Crippen LogP contribution in [0.25, 0.3) is 0 Å². The summed E-state index contributed by atoms with van der Waals surface area (Å²) in [5.41, 5.74) is 11.1. The van der Waals surface area contributed by atoms with Crippen LogP contribution in [-0.2, 0) is 20.7 Å². The number of carbonyl (C=O) groups is 3. The molecule has 1 aromatic carbocycles. The molecule has 0 radical (unpaired) electrons. The Hall–Kier alpha value is -2.65. The molecule has 1 amide bonds. The Morgan fingerprint density at radius 3 is 2.03 bits per heavy atom. The molecular weight excluding hydrogens is 378 g/mol. The first-order valence-corrected chi connectivity index (χ1v) is 9.40. The Labute approximate surface area is 171 Å². The topological polar surface area (TPSA) is 165 Å². The first-order valence-electron chi connectivity index (χ1n) is 9.40. The predicted octanol–water partition coefficient (Wildman–Crippen LogP) is 1.73. The van der Waals surface area contributed by atoms with Crippen LogP contribution in [0.3, 0.4) is 0 Å². The van der Waals surface area contributed by atoms with Gasteiger partial charge in [-0.2, -0.15) is 0 Å². The molecule has 1 rings (SSSR count). The summed E-state index contributed by atoms with van der Waals surface area (Å²) in [5, 5.41) is 19.7. The molecule has 0 bridgehead atoms. The number of carbonyl (C=O) groups excluding carboxylic acids is 1. The number of carboxylic acid groups (broad SMARTS) is 2. The number of benzene rings is 1. The summed E-state index contributed by atoms with van der Waals surface area (Å²) in [7, 11) is 0. The van der Waals surface area contributed by atoms with Crippen molar-refractivity contribution in [3.8, 4) is 0 Å². The lowest BCUT2D eigenvalue weighted by molar-refractivity contribution is -0.139. The smallest absolute Gasteiger partial charge is 0.407 e. The highest BCUT2D eigenvalue weighted by molar-refractivity contribution is 5.73. The van der Waals surface area contributed by atoms with Crippen molar-refractivity contribution in [2.45, 2.75) is 64.1 Å². The molecule has 0 aliphatic rings. The molecule has 164 valence electrons. The van der Waals surface area contributed by atoms with Gasteiger partial charge in [0.15, 0.2) is 0 Å². The highest BCUT2D eigenvalue weighted by Gasteiger charge is 2.15. The lowest BCUT2D eigenvalue weighted by atomic mass is 10.1. The molecule has 2 unspecified atom stereocenters. The summed E-state index contributed by atoms with van der Waals surface area (Å²) in [6.07, 6.45) is 1.67. The second kappa shape index (κ2) is 13.5. The van der Waals surface area contributed by atoms with E-state index in [1.54, 1.807) is 20.8 Å². The number of nitrogens with one attached hydrogen (secondary N) is 1. The lowest BCUT2D eigenvalue weighted by Gasteiger charge is -2.19. The van der Waals surface area contributed by atoms with Crippen LogP contribution in [0.5, 0.6) is 0 Å². The Morgan fingerprint density at radius 1 is 1.00 bits per heavy atom. The van der Waals surface area contributed by atoms with Gasteiger partial charge in [-0.15, -0.1) is 0 Å². The first kappa shape index (κ1) is 26.4. The van der Waals surface area contributed by atoms with Crippen molar-refractivity contribution in [1.29, 1.82) is 0 Å². The fraction of sp³-hybridized carbons (Fsp3) is 0.550. The number of carboxylic acids is 2. The zero-order chi connectivity index (χ0) is 22.4. The van der Waals surface area contributed by atoms with Gasteiger partial charge in [0.25, 0.3) is 0 Å². The third-order valence-corrected chi connectivity index (χ3v) is 3.54. The number of amides is 1. The van der Waals surface area contributed by atoms with E-state index >= 15 is 0 Å². The minimum absolute atomic E-state index is 0.385. The van der Waals surface area contributed by atoms with Gasteiger partial charge in [-0.25, -0.2) is 4.79 Å². The Balaban J connectivity index is 0.000000571. The predicted molar refractivity (Wildman–Crippen MR) is 109 cm³/mol. The minimum Gasteiger partial charge on any atom is -0.480 e. The summed E-state index contributed by atoms with van der Waals surface area (Å²) in [4.78, 5) is 32.0. The second-order valence-corrected chi connectivity index (χ2v) is 7.50. The van der Waals surface area contributed by atoms with E-state index < -0.39 is 35.7 Å². The standard InChI is InChI=1S/C11H22N2O4.C9H11NO2/c1-11(2,3)17-10(16)13-7-5-4-6-8(12)9(14)15;10-8(9(11)12)6-7-4-2-1-3-5-7/h8H,4-7,12H2,1-3H3,(H,13,16)(H,14,15);1-5,8H,6,10H2,(H,11,12). The molecule has 9 nitrogen and oxygen atoms in total. The molecule has 0 saturated carbocycles. The van der Waals surface area contributed by atoms with Crippen LogP contribution in [0.2, 0.25) is 0 Å². The van der Waals surface area contributed by atoms with Crippen LogP contribution in [0, 0.1) is 0 Å². The summed E-state index contributed by atoms with van der Waals surface area (Å²) in [6, 6.07) is 7.72. The van der Waals surface area contributed by atoms with Crippen LogP contribution in [0.1, 0.15) is 45.6 Å². The van der Waals surface area contributed by atoms with Crippen molar-refractivity contribution in [2.75, 3.05) is 6.54 Å². The van der Waals surface area contributed by atoms with Crippen molar-refractivity contribution in [2.24, 2.45) is 11.5 Å². The normalized spacial score (nSPS) is 12.7. The molecule has 0 aromatic heterocycles. The quantitative estimate of drug-likeness (QED) is 0.383. The maximum Gasteiger partial charge on any atom is 0.407 e. The Morgan fingerprint density at radius 2 is 1.55 bits per heavy atom. The Bertz CT molecular complexity index is 631. The molecular formula is C20H33N3O6. The van der Waals surface area contributed by atoms with Gasteiger partial charge in [0.05, 0.1) is 0 Å². The van der Waals surface area contributed by atoms with E-state index in [1.165, 1.54) is 0 Å². The van der Waals surface area contributed by atoms with E-state index in [2.05, 4.69) is 5.32 Å². The van der Waals surface area contributed by atoms with E-state index in [4.69, 9.17) is 26.4 Å². The summed E-state index contributed by atoms with van der Waals surface area (Å²) < 4.78 is 5.03. The van der Waals surface area contributed by atoms with Gasteiger partial charge < -0.3 is 31.7 Å². The zero-order valence-electron chi connectivity index (χ0n) is 17.3. The van der Waals surface area contributed by atoms with Crippen LogP contribution < -0.4 is 16.8 Å². The average molecular weight is 411 g/mol. The molecule has 0 saturated heterocycles. The van der Waals surface area contributed by atoms with Crippen molar-refractivity contribution in [3.05, 3.63) is 35.9 Å². The molecule has 29 heavy (non-hydrogen) atoms. The summed E-state index contributed by atoms with van der Waals surface area (Å²) >= 11 is 0. The van der Waals surface area contributed by atoms with E-state index in [1.807, 2.05) is 30.3 Å². The highest BCUT2D eigenvalue weighted by Crippen LogP contribution is 2.06. The average Bonchev–Trinajstić information content (AvgIpc) is 2.61. The largest absolute Gasteiger partial charge is 0.480 e. The number of alkyl carbamates (subject to hydrolysis) is 1. The van der Waals surface area contributed by atoms with Gasteiger partial charge in [0.2, 0.25) is 0 Å². The fourth-order valence-corrected chi connectivity index (χ4v) is 2.07. The van der Waals surface area contributed by atoms with Gasteiger partial charge >= 0.3 is 18.0 Å². The maximum absolute atomic E-state index is 11.2. The van der Waals surface area contributed by atoms with Gasteiger partial charge in [0.1, 0.15) is 17.7 Å². The molecule has 2 atom stereocenters. The SMILES string of the molecule is CC(C)(C)OC(=O)NCCCCC(N)C(=O)O.NC(Cc1ccccc1)C(=O)O. The molecule has 0 aliphatic carbocycles. The highest BCUT2D eigenvalue weighted by atomic mass is 16.6. The number of ether oxygens (including phenoxy) is 1. The number of hydrogen-bond donors (Lipinski definition) is 5. The Kier molecular flexibility index (Phi) is 12.3. The zero-order valence-corrected chi connectivity index (χ0v) is 17.3. The van der Waals surface area contributed by atoms with Crippen molar-refractivity contribution < 1.29 is 29.3 Å². The first-order chi connectivity index (χ1) is 13.4. The van der Waals surface area contributed by atoms with Crippen molar-refractivity contribution >= 4 is 18.0 Å². The summed E-state index contributed by atoms with van der Waals surface area (Å²) in [6.45, 7) is 5.83. The maximum atomic E-state index is 11.2.